The number of esters is 1. The zero-order chi connectivity index (χ0) is 12.3. The average Bonchev–Trinajstić information content (AvgIpc) is 2.23. The predicted molar refractivity (Wildman–Crippen MR) is 52.5 cm³/mol. The van der Waals surface area contributed by atoms with Gasteiger partial charge in [-0.15, -0.1) is 0 Å². The van der Waals surface area contributed by atoms with Gasteiger partial charge in [0.05, 0.1) is 19.1 Å². The fourth-order valence-corrected chi connectivity index (χ4v) is 1.27. The number of ether oxygens (including phenoxy) is 1. The number of halogens is 2. The van der Waals surface area contributed by atoms with E-state index in [9.17, 15) is 18.4 Å². The predicted octanol–water partition coefficient (Wildman–Crippen LogP) is 1.34. The van der Waals surface area contributed by atoms with Gasteiger partial charge in [-0.2, -0.15) is 0 Å². The van der Waals surface area contributed by atoms with Gasteiger partial charge in [0.1, 0.15) is 0 Å². The van der Waals surface area contributed by atoms with Crippen LogP contribution >= 0.6 is 0 Å². The third-order valence-corrected chi connectivity index (χ3v) is 2.22. The van der Waals surface area contributed by atoms with Crippen molar-refractivity contribution in [2.45, 2.75) is 19.8 Å². The Hall–Kier alpha value is -1.72. The molecule has 0 aromatic carbocycles. The molecule has 0 aliphatic carbocycles. The number of pyridine rings is 1. The smallest absolute Gasteiger partial charge is 0.310 e. The largest absolute Gasteiger partial charge is 0.469 e. The zero-order valence-corrected chi connectivity index (χ0v) is 8.84. The highest BCUT2D eigenvalue weighted by Gasteiger charge is 2.18. The number of carbonyl (C=O) groups is 1. The lowest BCUT2D eigenvalue weighted by Crippen LogP contribution is -2.21. The lowest BCUT2D eigenvalue weighted by atomic mass is 10.1. The Labute approximate surface area is 90.2 Å². The number of alkyl halides is 2. The molecule has 6 heteroatoms. The van der Waals surface area contributed by atoms with Crippen molar-refractivity contribution in [3.8, 4) is 0 Å². The first-order valence-corrected chi connectivity index (χ1v) is 4.53. The molecule has 0 unspecified atom stereocenters. The third kappa shape index (κ3) is 2.44. The van der Waals surface area contributed by atoms with Gasteiger partial charge in [0, 0.05) is 17.5 Å². The van der Waals surface area contributed by atoms with Crippen molar-refractivity contribution >= 4 is 5.97 Å². The van der Waals surface area contributed by atoms with E-state index in [1.54, 1.807) is 0 Å². The molecule has 0 aliphatic heterocycles. The van der Waals surface area contributed by atoms with E-state index in [0.29, 0.717) is 5.69 Å². The maximum atomic E-state index is 12.4. The van der Waals surface area contributed by atoms with Crippen LogP contribution < -0.4 is 5.43 Å². The van der Waals surface area contributed by atoms with Crippen molar-refractivity contribution in [3.05, 3.63) is 33.2 Å². The second kappa shape index (κ2) is 4.87. The standard InChI is InChI=1S/C10H11F2NO3/c1-5-6(3-8(14)16-2)9(15)7(4-13-5)10(11)12/h4,10H,3H2,1-2H3,(H,13,15). The minimum absolute atomic E-state index is 0.0182. The Kier molecular flexibility index (Phi) is 3.76. The van der Waals surface area contributed by atoms with E-state index in [0.717, 1.165) is 6.20 Å². The quantitative estimate of drug-likeness (QED) is 0.798. The Bertz CT molecular complexity index is 454. The monoisotopic (exact) mass is 231 g/mol. The SMILES string of the molecule is COC(=O)Cc1c(C)[nH]cc(C(F)F)c1=O. The highest BCUT2D eigenvalue weighted by Crippen LogP contribution is 2.15. The van der Waals surface area contributed by atoms with Crippen LogP contribution in [0.25, 0.3) is 0 Å². The molecule has 1 heterocycles. The molecule has 0 saturated heterocycles. The van der Waals surface area contributed by atoms with E-state index in [-0.39, 0.29) is 12.0 Å². The number of methoxy groups -OCH3 is 1. The van der Waals surface area contributed by atoms with Crippen LogP contribution in [0.1, 0.15) is 23.2 Å². The number of aromatic amines is 1. The topological polar surface area (TPSA) is 59.2 Å². The summed E-state index contributed by atoms with van der Waals surface area (Å²) >= 11 is 0. The van der Waals surface area contributed by atoms with Gasteiger partial charge in [-0.1, -0.05) is 0 Å². The average molecular weight is 231 g/mol. The first-order chi connectivity index (χ1) is 7.47. The van der Waals surface area contributed by atoms with Gasteiger partial charge >= 0.3 is 5.97 Å². The Morgan fingerprint density at radius 3 is 2.69 bits per heavy atom. The van der Waals surface area contributed by atoms with E-state index in [1.807, 2.05) is 0 Å². The Balaban J connectivity index is 3.22. The van der Waals surface area contributed by atoms with Crippen LogP contribution in [-0.2, 0) is 16.0 Å². The Morgan fingerprint density at radius 2 is 2.19 bits per heavy atom. The number of nitrogens with one attached hydrogen (secondary N) is 1. The summed E-state index contributed by atoms with van der Waals surface area (Å²) in [4.78, 5) is 25.1. The van der Waals surface area contributed by atoms with Gasteiger partial charge in [0.15, 0.2) is 5.43 Å². The van der Waals surface area contributed by atoms with E-state index >= 15 is 0 Å². The maximum Gasteiger partial charge on any atom is 0.310 e. The lowest BCUT2D eigenvalue weighted by molar-refractivity contribution is -0.139. The number of H-pyrrole nitrogens is 1. The number of aromatic nitrogens is 1. The highest BCUT2D eigenvalue weighted by molar-refractivity contribution is 5.72. The molecule has 0 spiro atoms. The minimum atomic E-state index is -2.86. The molecule has 16 heavy (non-hydrogen) atoms. The fourth-order valence-electron chi connectivity index (χ4n) is 1.27. The molecule has 0 saturated carbocycles. The summed E-state index contributed by atoms with van der Waals surface area (Å²) in [5.74, 6) is -0.639. The normalized spacial score (nSPS) is 10.6. The summed E-state index contributed by atoms with van der Waals surface area (Å²) in [5, 5.41) is 0. The molecule has 0 amide bonds. The summed E-state index contributed by atoms with van der Waals surface area (Å²) in [7, 11) is 1.17. The zero-order valence-electron chi connectivity index (χ0n) is 8.84. The molecule has 1 aromatic heterocycles. The number of hydrogen-bond donors (Lipinski definition) is 1. The van der Waals surface area contributed by atoms with Crippen molar-refractivity contribution in [2.24, 2.45) is 0 Å². The van der Waals surface area contributed by atoms with Crippen LogP contribution in [0.2, 0.25) is 0 Å². The van der Waals surface area contributed by atoms with Crippen molar-refractivity contribution in [1.82, 2.24) is 4.98 Å². The van der Waals surface area contributed by atoms with Gasteiger partial charge < -0.3 is 9.72 Å². The minimum Gasteiger partial charge on any atom is -0.469 e. The molecule has 1 N–H and O–H groups in total. The van der Waals surface area contributed by atoms with Crippen molar-refractivity contribution in [3.63, 3.8) is 0 Å². The molecular formula is C10H11F2NO3. The van der Waals surface area contributed by atoms with Crippen LogP contribution in [0.5, 0.6) is 0 Å². The molecule has 0 atom stereocenters. The summed E-state index contributed by atoms with van der Waals surface area (Å²) in [5.41, 5.74) is -1.04. The van der Waals surface area contributed by atoms with Crippen LogP contribution in [0.3, 0.4) is 0 Å². The summed E-state index contributed by atoms with van der Waals surface area (Å²) < 4.78 is 29.2. The van der Waals surface area contributed by atoms with Gasteiger partial charge in [0.25, 0.3) is 6.43 Å². The van der Waals surface area contributed by atoms with E-state index < -0.39 is 23.4 Å². The summed E-state index contributed by atoms with van der Waals surface area (Å²) in [6.07, 6.45) is -2.21. The number of aryl methyl sites for hydroxylation is 1. The van der Waals surface area contributed by atoms with E-state index in [4.69, 9.17) is 0 Å². The van der Waals surface area contributed by atoms with Gasteiger partial charge in [-0.3, -0.25) is 9.59 Å². The van der Waals surface area contributed by atoms with Gasteiger partial charge in [-0.05, 0) is 6.92 Å². The molecule has 88 valence electrons. The van der Waals surface area contributed by atoms with Crippen molar-refractivity contribution in [2.75, 3.05) is 7.11 Å². The van der Waals surface area contributed by atoms with Gasteiger partial charge in [0.2, 0.25) is 0 Å². The first kappa shape index (κ1) is 12.4. The number of carbonyl (C=O) groups excluding carboxylic acids is 1. The van der Waals surface area contributed by atoms with Crippen LogP contribution in [-0.4, -0.2) is 18.1 Å². The van der Waals surface area contributed by atoms with Crippen molar-refractivity contribution < 1.29 is 18.3 Å². The molecule has 1 aromatic rings. The molecule has 0 aliphatic rings. The van der Waals surface area contributed by atoms with E-state index in [2.05, 4.69) is 9.72 Å². The van der Waals surface area contributed by atoms with Crippen LogP contribution in [0, 0.1) is 6.92 Å². The first-order valence-electron chi connectivity index (χ1n) is 4.53. The maximum absolute atomic E-state index is 12.4. The number of rotatable bonds is 3. The fraction of sp³-hybridized carbons (Fsp3) is 0.400. The molecule has 0 bridgehead atoms. The lowest BCUT2D eigenvalue weighted by Gasteiger charge is -2.06. The van der Waals surface area contributed by atoms with E-state index in [1.165, 1.54) is 14.0 Å². The number of hydrogen-bond acceptors (Lipinski definition) is 3. The summed E-state index contributed by atoms with van der Waals surface area (Å²) in [6, 6.07) is 0. The highest BCUT2D eigenvalue weighted by atomic mass is 19.3. The summed E-state index contributed by atoms with van der Waals surface area (Å²) in [6.45, 7) is 1.54. The van der Waals surface area contributed by atoms with Gasteiger partial charge in [-0.25, -0.2) is 8.78 Å². The molecule has 1 rings (SSSR count). The molecule has 0 fully saturated rings. The van der Waals surface area contributed by atoms with Crippen LogP contribution in [0.4, 0.5) is 8.78 Å². The second-order valence-electron chi connectivity index (χ2n) is 3.23. The third-order valence-electron chi connectivity index (χ3n) is 2.22. The molecule has 0 radical (unpaired) electrons. The Morgan fingerprint density at radius 1 is 1.56 bits per heavy atom. The molecule has 4 nitrogen and oxygen atoms in total. The molecular weight excluding hydrogens is 220 g/mol. The second-order valence-corrected chi connectivity index (χ2v) is 3.23. The van der Waals surface area contributed by atoms with Crippen molar-refractivity contribution in [1.29, 1.82) is 0 Å². The van der Waals surface area contributed by atoms with Crippen LogP contribution in [0.15, 0.2) is 11.0 Å².